The van der Waals surface area contributed by atoms with Crippen molar-refractivity contribution < 1.29 is 14.3 Å². The van der Waals surface area contributed by atoms with E-state index in [0.717, 1.165) is 41.3 Å². The van der Waals surface area contributed by atoms with Crippen LogP contribution >= 0.6 is 11.8 Å². The molecule has 3 N–H and O–H groups in total. The van der Waals surface area contributed by atoms with E-state index < -0.39 is 0 Å². The van der Waals surface area contributed by atoms with E-state index in [4.69, 9.17) is 10.5 Å². The molecule has 2 bridgehead atoms. The number of aliphatic imine (C=N–C) groups is 1. The maximum Gasteiger partial charge on any atom is 0.256 e. The number of thioether (sulfide) groups is 1. The lowest BCUT2D eigenvalue weighted by atomic mass is 9.84. The van der Waals surface area contributed by atoms with Crippen LogP contribution in [0.25, 0.3) is 0 Å². The zero-order chi connectivity index (χ0) is 18.4. The average Bonchev–Trinajstić information content (AvgIpc) is 3.21. The second-order valence-electron chi connectivity index (χ2n) is 7.39. The lowest BCUT2D eigenvalue weighted by molar-refractivity contribution is -0.124. The van der Waals surface area contributed by atoms with Gasteiger partial charge in [-0.25, -0.2) is 0 Å². The molecule has 6 nitrogen and oxygen atoms in total. The number of nitrogens with two attached hydrogens (primary N) is 1. The van der Waals surface area contributed by atoms with Crippen LogP contribution in [0.1, 0.15) is 36.5 Å². The van der Waals surface area contributed by atoms with Gasteiger partial charge in [-0.2, -0.15) is 0 Å². The molecule has 1 aromatic carbocycles. The molecule has 4 atom stereocenters. The summed E-state index contributed by atoms with van der Waals surface area (Å²) in [5, 5.41) is 3.11. The number of primary amides is 1. The van der Waals surface area contributed by atoms with Gasteiger partial charge in [0.1, 0.15) is 5.75 Å². The lowest BCUT2D eigenvalue weighted by Crippen LogP contribution is -2.48. The van der Waals surface area contributed by atoms with E-state index in [1.54, 1.807) is 24.9 Å². The molecule has 0 aromatic heterocycles. The van der Waals surface area contributed by atoms with Crippen LogP contribution in [0.4, 0.5) is 5.69 Å². The number of hydrogen-bond donors (Lipinski definition) is 2. The summed E-state index contributed by atoms with van der Waals surface area (Å²) in [6.45, 7) is 1.98. The highest BCUT2D eigenvalue weighted by Gasteiger charge is 2.51. The third kappa shape index (κ3) is 2.78. The summed E-state index contributed by atoms with van der Waals surface area (Å²) in [6.07, 6.45) is 3.04. The Balaban J connectivity index is 1.66. The van der Waals surface area contributed by atoms with Crippen LogP contribution in [0.3, 0.4) is 0 Å². The molecule has 2 fully saturated rings. The van der Waals surface area contributed by atoms with Crippen molar-refractivity contribution in [3.8, 4) is 5.75 Å². The van der Waals surface area contributed by atoms with Gasteiger partial charge in [0.15, 0.2) is 0 Å². The molecule has 4 rings (SSSR count). The molecule has 0 spiro atoms. The molecule has 1 heterocycles. The van der Waals surface area contributed by atoms with Crippen LogP contribution in [0.5, 0.6) is 5.75 Å². The fraction of sp³-hybridized carbons (Fsp3) is 0.526. The third-order valence-corrected chi connectivity index (χ3v) is 7.09. The van der Waals surface area contributed by atoms with Crippen molar-refractivity contribution in [2.45, 2.75) is 37.1 Å². The molecule has 3 aliphatic rings. The van der Waals surface area contributed by atoms with Crippen LogP contribution in [0.2, 0.25) is 0 Å². The van der Waals surface area contributed by atoms with Crippen LogP contribution in [0, 0.1) is 17.8 Å². The quantitative estimate of drug-likeness (QED) is 0.848. The fourth-order valence-electron chi connectivity index (χ4n) is 4.72. The van der Waals surface area contributed by atoms with Gasteiger partial charge in [-0.3, -0.25) is 14.6 Å². The normalized spacial score (nSPS) is 29.1. The Morgan fingerprint density at radius 1 is 1.31 bits per heavy atom. The maximum atomic E-state index is 13.2. The summed E-state index contributed by atoms with van der Waals surface area (Å²) in [4.78, 5) is 30.5. The summed E-state index contributed by atoms with van der Waals surface area (Å²) in [6, 6.07) is 3.48. The first kappa shape index (κ1) is 17.4. The summed E-state index contributed by atoms with van der Waals surface area (Å²) in [7, 11) is 1.56. The monoisotopic (exact) mass is 373 g/mol. The van der Waals surface area contributed by atoms with E-state index in [9.17, 15) is 9.59 Å². The molecule has 0 saturated heterocycles. The van der Waals surface area contributed by atoms with Gasteiger partial charge < -0.3 is 15.8 Å². The van der Waals surface area contributed by atoms with Crippen molar-refractivity contribution in [3.05, 3.63) is 17.7 Å². The zero-order valence-corrected chi connectivity index (χ0v) is 15.8. The van der Waals surface area contributed by atoms with Crippen molar-refractivity contribution in [3.63, 3.8) is 0 Å². The molecular weight excluding hydrogens is 350 g/mol. The first-order valence-corrected chi connectivity index (χ1v) is 9.96. The number of benzene rings is 1. The van der Waals surface area contributed by atoms with Crippen LogP contribution in [0.15, 0.2) is 22.0 Å². The second-order valence-corrected chi connectivity index (χ2v) is 8.37. The molecule has 1 aromatic rings. The number of nitrogens with zero attached hydrogens (tertiary/aromatic N) is 1. The van der Waals surface area contributed by atoms with Crippen molar-refractivity contribution in [1.82, 2.24) is 5.32 Å². The molecule has 2 amide bonds. The number of fused-ring (bicyclic) bond motifs is 3. The highest BCUT2D eigenvalue weighted by atomic mass is 32.2. The smallest absolute Gasteiger partial charge is 0.256 e. The van der Waals surface area contributed by atoms with Gasteiger partial charge in [0, 0.05) is 22.4 Å². The van der Waals surface area contributed by atoms with E-state index in [-0.39, 0.29) is 23.8 Å². The summed E-state index contributed by atoms with van der Waals surface area (Å²) in [5.41, 5.74) is 7.97. The maximum absolute atomic E-state index is 13.2. The zero-order valence-electron chi connectivity index (χ0n) is 15.0. The Bertz CT molecular complexity index is 807. The Morgan fingerprint density at radius 2 is 2.08 bits per heavy atom. The Kier molecular flexibility index (Phi) is 4.42. The standard InChI is InChI=1S/C19H23N3O3S/c1-9-8-26-17-12(21-9)5-6-13(25-2)15(17)19(24)22-16-11-4-3-10(7-11)14(16)18(20)23/h5-6,10-11,14,16H,3-4,7-8H2,1-2H3,(H2,20,23)(H,22,24). The summed E-state index contributed by atoms with van der Waals surface area (Å²) >= 11 is 1.60. The van der Waals surface area contributed by atoms with E-state index in [1.807, 2.05) is 13.0 Å². The van der Waals surface area contributed by atoms with Crippen LogP contribution in [-0.4, -0.2) is 36.4 Å². The van der Waals surface area contributed by atoms with Crippen molar-refractivity contribution >= 4 is 35.0 Å². The van der Waals surface area contributed by atoms with Crippen LogP contribution < -0.4 is 15.8 Å². The first-order valence-electron chi connectivity index (χ1n) is 8.97. The number of carbonyl (C=O) groups is 2. The molecule has 138 valence electrons. The Hall–Kier alpha value is -2.02. The molecule has 2 saturated carbocycles. The highest BCUT2D eigenvalue weighted by Crippen LogP contribution is 2.49. The largest absolute Gasteiger partial charge is 0.496 e. The predicted octanol–water partition coefficient (Wildman–Crippen LogP) is 2.52. The second kappa shape index (κ2) is 6.61. The number of carbonyl (C=O) groups excluding carboxylic acids is 2. The lowest BCUT2D eigenvalue weighted by Gasteiger charge is -2.30. The van der Waals surface area contributed by atoms with E-state index in [1.165, 1.54) is 0 Å². The van der Waals surface area contributed by atoms with Gasteiger partial charge in [-0.1, -0.05) is 0 Å². The number of ether oxygens (including phenoxy) is 1. The van der Waals surface area contributed by atoms with Gasteiger partial charge in [0.25, 0.3) is 5.91 Å². The van der Waals surface area contributed by atoms with Gasteiger partial charge in [-0.05, 0) is 50.2 Å². The molecule has 0 radical (unpaired) electrons. The van der Waals surface area contributed by atoms with Crippen molar-refractivity contribution in [1.29, 1.82) is 0 Å². The van der Waals surface area contributed by atoms with E-state index in [0.29, 0.717) is 23.1 Å². The average molecular weight is 373 g/mol. The first-order chi connectivity index (χ1) is 12.5. The predicted molar refractivity (Wildman–Crippen MR) is 101 cm³/mol. The van der Waals surface area contributed by atoms with Gasteiger partial charge in [0.2, 0.25) is 5.91 Å². The summed E-state index contributed by atoms with van der Waals surface area (Å²) in [5.74, 6) is 1.14. The number of amides is 2. The number of rotatable bonds is 4. The Labute approximate surface area is 157 Å². The van der Waals surface area contributed by atoms with E-state index in [2.05, 4.69) is 10.3 Å². The summed E-state index contributed by atoms with van der Waals surface area (Å²) < 4.78 is 5.45. The van der Waals surface area contributed by atoms with E-state index >= 15 is 0 Å². The SMILES string of the molecule is COc1ccc2c(c1C(=O)NC1C3CCC(C3)C1C(N)=O)SCC(C)=N2. The number of nitrogens with one attached hydrogen (secondary N) is 1. The van der Waals surface area contributed by atoms with Crippen molar-refractivity contribution in [2.75, 3.05) is 12.9 Å². The Morgan fingerprint density at radius 3 is 2.81 bits per heavy atom. The van der Waals surface area contributed by atoms with Crippen molar-refractivity contribution in [2.24, 2.45) is 28.5 Å². The minimum absolute atomic E-state index is 0.182. The molecule has 4 unspecified atom stereocenters. The van der Waals surface area contributed by atoms with Gasteiger partial charge in [0.05, 0.1) is 24.3 Å². The fourth-order valence-corrected chi connectivity index (χ4v) is 5.74. The van der Waals surface area contributed by atoms with Gasteiger partial charge >= 0.3 is 0 Å². The molecule has 2 aliphatic carbocycles. The molecule has 7 heteroatoms. The molecule has 26 heavy (non-hydrogen) atoms. The minimum atomic E-state index is -0.306. The molecule has 1 aliphatic heterocycles. The van der Waals surface area contributed by atoms with Gasteiger partial charge in [-0.15, -0.1) is 11.8 Å². The van der Waals surface area contributed by atoms with Crippen LogP contribution in [-0.2, 0) is 4.79 Å². The minimum Gasteiger partial charge on any atom is -0.496 e. The third-order valence-electron chi connectivity index (χ3n) is 5.83. The number of hydrogen-bond acceptors (Lipinski definition) is 5. The topological polar surface area (TPSA) is 93.8 Å². The highest BCUT2D eigenvalue weighted by molar-refractivity contribution is 8.00. The number of methoxy groups -OCH3 is 1. The molecular formula is C19H23N3O3S.